The van der Waals surface area contributed by atoms with Crippen molar-refractivity contribution in [2.24, 2.45) is 5.92 Å². The highest BCUT2D eigenvalue weighted by molar-refractivity contribution is 5.54. The van der Waals surface area contributed by atoms with Crippen molar-refractivity contribution < 1.29 is 4.79 Å². The molecule has 0 amide bonds. The Balaban J connectivity index is 2.28. The molecule has 1 aliphatic carbocycles. The molecule has 48 valence electrons. The van der Waals surface area contributed by atoms with E-state index < -0.39 is 0 Å². The fourth-order valence-electron chi connectivity index (χ4n) is 1.83. The molecule has 2 atom stereocenters. The number of rotatable bonds is 0. The minimum atomic E-state index is 0.535. The number of fused-ring (bicyclic) bond motifs is 2. The third-order valence-electron chi connectivity index (χ3n) is 2.31. The molecular formula is C7H9NO. The van der Waals surface area contributed by atoms with Gasteiger partial charge in [0.2, 0.25) is 0 Å². The van der Waals surface area contributed by atoms with Gasteiger partial charge in [0.1, 0.15) is 5.94 Å². The van der Waals surface area contributed by atoms with Crippen LogP contribution in [0.4, 0.5) is 0 Å². The maximum Gasteiger partial charge on any atom is 0.145 e. The molecule has 1 N–H and O–H groups in total. The summed E-state index contributed by atoms with van der Waals surface area (Å²) in [5, 5.41) is 3.13. The third kappa shape index (κ3) is 0.600. The summed E-state index contributed by atoms with van der Waals surface area (Å²) in [6.45, 7) is 0. The lowest BCUT2D eigenvalue weighted by Crippen LogP contribution is -2.22. The molecule has 1 aliphatic heterocycles. The molecule has 2 nitrogen and oxygen atoms in total. The molecule has 0 aromatic carbocycles. The third-order valence-corrected chi connectivity index (χ3v) is 2.31. The molecule has 2 rings (SSSR count). The van der Waals surface area contributed by atoms with Gasteiger partial charge in [0.05, 0.1) is 5.70 Å². The van der Waals surface area contributed by atoms with E-state index in [9.17, 15) is 4.79 Å². The quantitative estimate of drug-likeness (QED) is 0.474. The van der Waals surface area contributed by atoms with Gasteiger partial charge in [-0.05, 0) is 19.3 Å². The van der Waals surface area contributed by atoms with Crippen LogP contribution in [0.2, 0.25) is 0 Å². The van der Waals surface area contributed by atoms with Crippen molar-refractivity contribution in [1.82, 2.24) is 5.32 Å². The van der Waals surface area contributed by atoms with E-state index in [0.29, 0.717) is 12.0 Å². The Hall–Kier alpha value is -0.750. The van der Waals surface area contributed by atoms with E-state index >= 15 is 0 Å². The normalized spacial score (nSPS) is 38.4. The average Bonchev–Trinajstić information content (AvgIpc) is 2.45. The Morgan fingerprint density at radius 3 is 2.78 bits per heavy atom. The first-order valence-electron chi connectivity index (χ1n) is 3.41. The van der Waals surface area contributed by atoms with Gasteiger partial charge in [-0.1, -0.05) is 0 Å². The Bertz CT molecular complexity index is 181. The van der Waals surface area contributed by atoms with Crippen molar-refractivity contribution >= 4 is 5.94 Å². The van der Waals surface area contributed by atoms with E-state index in [-0.39, 0.29) is 0 Å². The van der Waals surface area contributed by atoms with E-state index in [2.05, 4.69) is 5.32 Å². The number of hydrogen-bond donors (Lipinski definition) is 1. The van der Waals surface area contributed by atoms with Gasteiger partial charge >= 0.3 is 0 Å². The van der Waals surface area contributed by atoms with Crippen molar-refractivity contribution in [1.29, 1.82) is 0 Å². The van der Waals surface area contributed by atoms with E-state index in [1.165, 1.54) is 19.3 Å². The largest absolute Gasteiger partial charge is 0.376 e. The van der Waals surface area contributed by atoms with E-state index in [1.807, 2.05) is 5.94 Å². The summed E-state index contributed by atoms with van der Waals surface area (Å²) in [5.41, 5.74) is 0.825. The molecule has 0 aromatic rings. The molecule has 2 unspecified atom stereocenters. The molecule has 2 fully saturated rings. The summed E-state index contributed by atoms with van der Waals surface area (Å²) >= 11 is 0. The van der Waals surface area contributed by atoms with Crippen LogP contribution in [0.1, 0.15) is 19.3 Å². The fourth-order valence-corrected chi connectivity index (χ4v) is 1.83. The number of carbonyl (C=O) groups excluding carboxylic acids is 1. The monoisotopic (exact) mass is 123 g/mol. The van der Waals surface area contributed by atoms with Gasteiger partial charge in [0.15, 0.2) is 0 Å². The van der Waals surface area contributed by atoms with Crippen LogP contribution in [0.3, 0.4) is 0 Å². The van der Waals surface area contributed by atoms with Gasteiger partial charge in [-0.15, -0.1) is 0 Å². The van der Waals surface area contributed by atoms with E-state index in [4.69, 9.17) is 0 Å². The van der Waals surface area contributed by atoms with Crippen LogP contribution < -0.4 is 5.32 Å². The van der Waals surface area contributed by atoms with Crippen molar-refractivity contribution in [3.8, 4) is 0 Å². The molecule has 0 aromatic heterocycles. The molecule has 0 radical (unpaired) electrons. The standard InChI is InChI=1S/C7H9NO/c9-4-7-5-1-2-6(3-5)8-7/h5-6,8H,1-3H2. The second-order valence-corrected chi connectivity index (χ2v) is 2.87. The van der Waals surface area contributed by atoms with Gasteiger partial charge in [-0.3, -0.25) is 0 Å². The molecule has 2 aliphatic rings. The maximum atomic E-state index is 10.2. The summed E-state index contributed by atoms with van der Waals surface area (Å²) in [6.07, 6.45) is 3.61. The summed E-state index contributed by atoms with van der Waals surface area (Å²) in [6, 6.07) is 0.603. The lowest BCUT2D eigenvalue weighted by molar-refractivity contribution is 0.541. The highest BCUT2D eigenvalue weighted by Crippen LogP contribution is 2.35. The summed E-state index contributed by atoms with van der Waals surface area (Å²) in [4.78, 5) is 10.2. The Kier molecular flexibility index (Phi) is 0.908. The van der Waals surface area contributed by atoms with Crippen LogP contribution in [-0.4, -0.2) is 12.0 Å². The van der Waals surface area contributed by atoms with Crippen LogP contribution in [0, 0.1) is 5.92 Å². The minimum Gasteiger partial charge on any atom is -0.376 e. The Morgan fingerprint density at radius 2 is 2.44 bits per heavy atom. The summed E-state index contributed by atoms with van der Waals surface area (Å²) < 4.78 is 0. The average molecular weight is 123 g/mol. The summed E-state index contributed by atoms with van der Waals surface area (Å²) in [5.74, 6) is 2.49. The second kappa shape index (κ2) is 1.61. The molecule has 1 saturated heterocycles. The topological polar surface area (TPSA) is 29.1 Å². The molecule has 0 spiro atoms. The zero-order chi connectivity index (χ0) is 6.27. The highest BCUT2D eigenvalue weighted by atomic mass is 16.1. The zero-order valence-electron chi connectivity index (χ0n) is 5.18. The van der Waals surface area contributed by atoms with Crippen LogP contribution in [0.15, 0.2) is 5.70 Å². The molecular weight excluding hydrogens is 114 g/mol. The van der Waals surface area contributed by atoms with Crippen LogP contribution in [0.5, 0.6) is 0 Å². The van der Waals surface area contributed by atoms with E-state index in [0.717, 1.165) is 5.70 Å². The molecule has 2 heteroatoms. The van der Waals surface area contributed by atoms with Crippen LogP contribution >= 0.6 is 0 Å². The molecule has 1 heterocycles. The van der Waals surface area contributed by atoms with Crippen molar-refractivity contribution in [2.45, 2.75) is 25.3 Å². The van der Waals surface area contributed by atoms with Crippen LogP contribution in [0.25, 0.3) is 0 Å². The maximum absolute atomic E-state index is 10.2. The lowest BCUT2D eigenvalue weighted by Gasteiger charge is -2.11. The van der Waals surface area contributed by atoms with Gasteiger partial charge in [-0.25, -0.2) is 4.79 Å². The SMILES string of the molecule is O=C=C1NC2CCC1C2. The van der Waals surface area contributed by atoms with Crippen molar-refractivity contribution in [3.63, 3.8) is 0 Å². The fraction of sp³-hybridized carbons (Fsp3) is 0.714. The molecule has 9 heavy (non-hydrogen) atoms. The second-order valence-electron chi connectivity index (χ2n) is 2.87. The van der Waals surface area contributed by atoms with Gasteiger partial charge in [0.25, 0.3) is 0 Å². The van der Waals surface area contributed by atoms with Gasteiger partial charge in [0, 0.05) is 12.0 Å². The summed E-state index contributed by atoms with van der Waals surface area (Å²) in [7, 11) is 0. The van der Waals surface area contributed by atoms with Crippen molar-refractivity contribution in [2.75, 3.05) is 0 Å². The zero-order valence-corrected chi connectivity index (χ0v) is 5.18. The minimum absolute atomic E-state index is 0.535. The van der Waals surface area contributed by atoms with Crippen LogP contribution in [-0.2, 0) is 4.79 Å². The lowest BCUT2D eigenvalue weighted by atomic mass is 10.1. The number of hydrogen-bond acceptors (Lipinski definition) is 2. The van der Waals surface area contributed by atoms with Gasteiger partial charge in [-0.2, -0.15) is 0 Å². The first-order chi connectivity index (χ1) is 4.40. The van der Waals surface area contributed by atoms with E-state index in [1.54, 1.807) is 0 Å². The first-order valence-corrected chi connectivity index (χ1v) is 3.41. The van der Waals surface area contributed by atoms with Gasteiger partial charge < -0.3 is 5.32 Å². The molecule has 2 bridgehead atoms. The predicted molar refractivity (Wildman–Crippen MR) is 33.5 cm³/mol. The smallest absolute Gasteiger partial charge is 0.145 e. The number of nitrogens with one attached hydrogen (secondary N) is 1. The molecule has 1 saturated carbocycles. The number of allylic oxidation sites excluding steroid dienone is 1. The highest BCUT2D eigenvalue weighted by Gasteiger charge is 2.35. The Labute approximate surface area is 53.9 Å². The van der Waals surface area contributed by atoms with Crippen molar-refractivity contribution in [3.05, 3.63) is 5.70 Å². The first kappa shape index (κ1) is 5.07. The Morgan fingerprint density at radius 1 is 1.56 bits per heavy atom. The number of piperidine rings is 1. The predicted octanol–water partition coefficient (Wildman–Crippen LogP) is 0.474.